The fraction of sp³-hybridized carbons (Fsp3) is 0.467. The van der Waals surface area contributed by atoms with E-state index in [-0.39, 0.29) is 42.0 Å². The van der Waals surface area contributed by atoms with Crippen molar-refractivity contribution in [1.82, 2.24) is 30.6 Å². The van der Waals surface area contributed by atoms with Gasteiger partial charge in [-0.2, -0.15) is 10.2 Å². The number of anilines is 5. The van der Waals surface area contributed by atoms with E-state index in [1.165, 1.54) is 19.5 Å². The lowest BCUT2D eigenvalue weighted by Gasteiger charge is -2.63. The summed E-state index contributed by atoms with van der Waals surface area (Å²) in [4.78, 5) is 63.9. The lowest BCUT2D eigenvalue weighted by molar-refractivity contribution is -0.164. The van der Waals surface area contributed by atoms with Gasteiger partial charge in [0.15, 0.2) is 5.82 Å². The zero-order valence-corrected chi connectivity index (χ0v) is 37.2. The molecule has 0 radical (unpaired) electrons. The van der Waals surface area contributed by atoms with Gasteiger partial charge in [0.1, 0.15) is 35.4 Å². The van der Waals surface area contributed by atoms with Crippen LogP contribution < -0.4 is 40.1 Å². The Labute approximate surface area is 367 Å². The van der Waals surface area contributed by atoms with Crippen LogP contribution in [0.1, 0.15) is 93.0 Å². The third-order valence-corrected chi connectivity index (χ3v) is 12.8. The topological polar surface area (TPSA) is 191 Å². The largest absolute Gasteiger partial charge is 0.495 e. The van der Waals surface area contributed by atoms with Gasteiger partial charge in [0.25, 0.3) is 11.8 Å². The molecule has 326 valence electrons. The standard InChI is InChI=1S/C45H54ClN11O5/c1-9-33-39(60)56(7)34-25-49-42(53-36(34)57(33)29-12-10-11-13-29)52-32-17-15-26(20-35(32)61-8)37(58)48-18-19-55(6)43-50-23-28(24-51-43)38(59)54-40-44(2,3)41(45(40,4)5)62-30-16-14-27(22-47)31(46)21-30/h14-17,20-21,23-25,29,33,40-41H,9-13,18-19H2,1-8H3,(H,48,58)(H,54,59)(H,49,52,53)/t33-,40-,41-/m1/s1. The molecular formula is C45H54ClN11O5. The molecule has 3 aliphatic rings. The lowest BCUT2D eigenvalue weighted by Crippen LogP contribution is -2.74. The maximum Gasteiger partial charge on any atom is 0.254 e. The number of fused-ring (bicyclic) bond motifs is 1. The summed E-state index contributed by atoms with van der Waals surface area (Å²) in [6.45, 7) is 10.9. The molecule has 1 atom stereocenters. The van der Waals surface area contributed by atoms with Crippen molar-refractivity contribution in [3.8, 4) is 17.6 Å². The van der Waals surface area contributed by atoms with Crippen LogP contribution in [-0.2, 0) is 4.79 Å². The smallest absolute Gasteiger partial charge is 0.254 e. The number of carbonyl (C=O) groups excluding carboxylic acids is 3. The molecule has 17 heteroatoms. The number of halogens is 1. The number of nitrogens with one attached hydrogen (secondary N) is 3. The van der Waals surface area contributed by atoms with Gasteiger partial charge in [-0.3, -0.25) is 14.4 Å². The van der Waals surface area contributed by atoms with E-state index >= 15 is 0 Å². The number of rotatable bonds is 14. The molecule has 1 aliphatic heterocycles. The molecule has 2 aromatic carbocycles. The summed E-state index contributed by atoms with van der Waals surface area (Å²) in [6, 6.07) is 11.9. The van der Waals surface area contributed by atoms with Gasteiger partial charge in [-0.05, 0) is 49.6 Å². The van der Waals surface area contributed by atoms with Crippen molar-refractivity contribution in [3.63, 3.8) is 0 Å². The fourth-order valence-corrected chi connectivity index (χ4v) is 9.70. The molecule has 3 heterocycles. The Morgan fingerprint density at radius 3 is 2.35 bits per heavy atom. The summed E-state index contributed by atoms with van der Waals surface area (Å²) >= 11 is 6.24. The van der Waals surface area contributed by atoms with Crippen LogP contribution in [0.3, 0.4) is 0 Å². The first-order valence-electron chi connectivity index (χ1n) is 21.0. The Morgan fingerprint density at radius 2 is 1.71 bits per heavy atom. The van der Waals surface area contributed by atoms with Crippen molar-refractivity contribution in [2.45, 2.75) is 91.0 Å². The number of nitriles is 1. The van der Waals surface area contributed by atoms with Crippen molar-refractivity contribution in [2.24, 2.45) is 10.8 Å². The molecular weight excluding hydrogens is 810 g/mol. The molecule has 0 saturated heterocycles. The Hall–Kier alpha value is -6.21. The molecule has 2 aromatic heterocycles. The summed E-state index contributed by atoms with van der Waals surface area (Å²) in [5.74, 6) is 1.95. The minimum Gasteiger partial charge on any atom is -0.495 e. The molecule has 2 fully saturated rings. The SMILES string of the molecule is CC[C@@H]1C(=O)N(C)c2cnc(Nc3ccc(C(=O)NCCN(C)c4ncc(C(=O)N[C@H]5C(C)(C)[C@H](Oc6ccc(C#N)c(Cl)c6)C5(C)C)cn4)cc3OC)nc2N1C1CCCC1. The molecule has 3 N–H and O–H groups in total. The highest BCUT2D eigenvalue weighted by molar-refractivity contribution is 6.31. The van der Waals surface area contributed by atoms with E-state index < -0.39 is 10.8 Å². The number of benzene rings is 2. The summed E-state index contributed by atoms with van der Waals surface area (Å²) < 4.78 is 12.0. The first-order chi connectivity index (χ1) is 29.6. The Balaban J connectivity index is 0.923. The van der Waals surface area contributed by atoms with Crippen LogP contribution in [0.5, 0.6) is 11.5 Å². The molecule has 0 bridgehead atoms. The van der Waals surface area contributed by atoms with Gasteiger partial charge < -0.3 is 40.1 Å². The van der Waals surface area contributed by atoms with E-state index in [2.05, 4.69) is 41.9 Å². The first-order valence-corrected chi connectivity index (χ1v) is 21.3. The predicted molar refractivity (Wildman–Crippen MR) is 238 cm³/mol. The summed E-state index contributed by atoms with van der Waals surface area (Å²) in [7, 11) is 5.11. The number of aromatic nitrogens is 4. The van der Waals surface area contributed by atoms with E-state index in [9.17, 15) is 19.6 Å². The molecule has 16 nitrogen and oxygen atoms in total. The normalized spacial score (nSPS) is 20.1. The van der Waals surface area contributed by atoms with E-state index in [4.69, 9.17) is 26.1 Å². The molecule has 2 saturated carbocycles. The van der Waals surface area contributed by atoms with Gasteiger partial charge in [0.05, 0.1) is 35.1 Å². The minimum absolute atomic E-state index is 0.0525. The second-order valence-electron chi connectivity index (χ2n) is 17.4. The van der Waals surface area contributed by atoms with Crippen LogP contribution in [0.25, 0.3) is 0 Å². The number of nitrogens with zero attached hydrogens (tertiary/aromatic N) is 8. The number of hydrogen-bond donors (Lipinski definition) is 3. The average Bonchev–Trinajstić information content (AvgIpc) is 3.80. The Morgan fingerprint density at radius 1 is 1.00 bits per heavy atom. The summed E-state index contributed by atoms with van der Waals surface area (Å²) in [6.07, 6.45) is 9.39. The quantitative estimate of drug-likeness (QED) is 0.124. The van der Waals surface area contributed by atoms with E-state index in [0.29, 0.717) is 76.0 Å². The predicted octanol–water partition coefficient (Wildman–Crippen LogP) is 6.53. The highest BCUT2D eigenvalue weighted by Crippen LogP contribution is 2.55. The number of amides is 3. The van der Waals surface area contributed by atoms with Gasteiger partial charge in [0.2, 0.25) is 17.8 Å². The van der Waals surface area contributed by atoms with Crippen molar-refractivity contribution < 1.29 is 23.9 Å². The van der Waals surface area contributed by atoms with Gasteiger partial charge in [-0.1, -0.05) is 59.1 Å². The van der Waals surface area contributed by atoms with Gasteiger partial charge in [-0.15, -0.1) is 0 Å². The molecule has 0 unspecified atom stereocenters. The van der Waals surface area contributed by atoms with Crippen molar-refractivity contribution in [2.75, 3.05) is 54.3 Å². The first kappa shape index (κ1) is 43.9. The molecule has 0 spiro atoms. The van der Waals surface area contributed by atoms with Crippen LogP contribution in [0.15, 0.2) is 55.0 Å². The number of ether oxygens (including phenoxy) is 2. The molecule has 2 aliphatic carbocycles. The number of hydrogen-bond acceptors (Lipinski definition) is 13. The average molecular weight is 864 g/mol. The summed E-state index contributed by atoms with van der Waals surface area (Å²) in [5, 5.41) is 18.9. The highest BCUT2D eigenvalue weighted by atomic mass is 35.5. The lowest BCUT2D eigenvalue weighted by atomic mass is 9.49. The van der Waals surface area contributed by atoms with Crippen molar-refractivity contribution >= 4 is 58.4 Å². The molecule has 4 aromatic rings. The third kappa shape index (κ3) is 8.37. The number of methoxy groups -OCH3 is 1. The Bertz CT molecular complexity index is 2360. The van der Waals surface area contributed by atoms with Gasteiger partial charge >= 0.3 is 0 Å². The van der Waals surface area contributed by atoms with Gasteiger partial charge in [-0.25, -0.2) is 15.0 Å². The maximum absolute atomic E-state index is 13.4. The molecule has 7 rings (SSSR count). The molecule has 3 amide bonds. The van der Waals surface area contributed by atoms with Crippen LogP contribution in [-0.4, -0.2) is 96.2 Å². The second-order valence-corrected chi connectivity index (χ2v) is 17.8. The zero-order chi connectivity index (χ0) is 44.5. The van der Waals surface area contributed by atoms with Crippen LogP contribution in [0.4, 0.5) is 29.1 Å². The van der Waals surface area contributed by atoms with E-state index in [1.54, 1.807) is 66.5 Å². The van der Waals surface area contributed by atoms with E-state index in [0.717, 1.165) is 31.5 Å². The van der Waals surface area contributed by atoms with Crippen LogP contribution in [0, 0.1) is 22.2 Å². The maximum atomic E-state index is 13.4. The third-order valence-electron chi connectivity index (χ3n) is 12.5. The van der Waals surface area contributed by atoms with Crippen LogP contribution in [0.2, 0.25) is 5.02 Å². The minimum atomic E-state index is -0.427. The summed E-state index contributed by atoms with van der Waals surface area (Å²) in [5.41, 5.74) is 1.51. The zero-order valence-electron chi connectivity index (χ0n) is 36.5. The molecule has 62 heavy (non-hydrogen) atoms. The highest BCUT2D eigenvalue weighted by Gasteiger charge is 2.64. The van der Waals surface area contributed by atoms with Crippen molar-refractivity contribution in [1.29, 1.82) is 5.26 Å². The number of likely N-dealkylation sites (N-methyl/N-ethyl adjacent to an activating group) is 2. The van der Waals surface area contributed by atoms with E-state index in [1.807, 2.05) is 34.6 Å². The second kappa shape index (κ2) is 17.6. The van der Waals surface area contributed by atoms with Crippen LogP contribution >= 0.6 is 11.6 Å². The number of carbonyl (C=O) groups is 3. The monoisotopic (exact) mass is 863 g/mol. The Kier molecular flexibility index (Phi) is 12.5. The van der Waals surface area contributed by atoms with Crippen molar-refractivity contribution in [3.05, 3.63) is 76.7 Å². The van der Waals surface area contributed by atoms with Gasteiger partial charge in [0, 0.05) is 74.1 Å². The fourth-order valence-electron chi connectivity index (χ4n) is 9.48.